The molecule has 0 aromatic heterocycles. The Morgan fingerprint density at radius 2 is 2.20 bits per heavy atom. The van der Waals surface area contributed by atoms with Gasteiger partial charge in [0.15, 0.2) is 0 Å². The molecule has 1 rings (SSSR count). The standard InChI is InChI=1S/C4H3BrF3NO/c5-3-1-2(10-9-3)4(6,7)8/h2H,1H2. The van der Waals surface area contributed by atoms with Crippen molar-refractivity contribution in [1.29, 1.82) is 0 Å². The van der Waals surface area contributed by atoms with Gasteiger partial charge in [-0.1, -0.05) is 5.16 Å². The highest BCUT2D eigenvalue weighted by Crippen LogP contribution is 2.30. The van der Waals surface area contributed by atoms with Crippen LogP contribution in [0.1, 0.15) is 6.42 Å². The van der Waals surface area contributed by atoms with Crippen molar-refractivity contribution in [2.24, 2.45) is 5.16 Å². The van der Waals surface area contributed by atoms with Crippen LogP contribution in [0.3, 0.4) is 0 Å². The number of rotatable bonds is 0. The van der Waals surface area contributed by atoms with Crippen LogP contribution in [-0.4, -0.2) is 16.9 Å². The molecule has 0 aromatic rings. The van der Waals surface area contributed by atoms with Crippen molar-refractivity contribution >= 4 is 20.6 Å². The fourth-order valence-electron chi connectivity index (χ4n) is 0.524. The van der Waals surface area contributed by atoms with Crippen molar-refractivity contribution in [3.8, 4) is 0 Å². The second-order valence-corrected chi connectivity index (χ2v) is 2.72. The Labute approximate surface area is 63.2 Å². The van der Waals surface area contributed by atoms with Crippen LogP contribution in [0.4, 0.5) is 13.2 Å². The molecule has 0 fully saturated rings. The van der Waals surface area contributed by atoms with Gasteiger partial charge in [0.2, 0.25) is 6.10 Å². The van der Waals surface area contributed by atoms with Gasteiger partial charge in [0.05, 0.1) is 0 Å². The van der Waals surface area contributed by atoms with Gasteiger partial charge in [-0.3, -0.25) is 0 Å². The Morgan fingerprint density at radius 1 is 1.60 bits per heavy atom. The Morgan fingerprint density at radius 3 is 2.40 bits per heavy atom. The molecule has 10 heavy (non-hydrogen) atoms. The Kier molecular flexibility index (Phi) is 1.89. The van der Waals surface area contributed by atoms with Crippen LogP contribution >= 0.6 is 15.9 Å². The Hall–Kier alpha value is -0.260. The van der Waals surface area contributed by atoms with Gasteiger partial charge in [-0.2, -0.15) is 13.2 Å². The molecule has 0 radical (unpaired) electrons. The first-order valence-electron chi connectivity index (χ1n) is 2.45. The van der Waals surface area contributed by atoms with E-state index in [1.54, 1.807) is 0 Å². The first kappa shape index (κ1) is 7.84. The third kappa shape index (κ3) is 1.62. The van der Waals surface area contributed by atoms with Crippen molar-refractivity contribution in [2.45, 2.75) is 18.7 Å². The van der Waals surface area contributed by atoms with E-state index in [-0.39, 0.29) is 11.0 Å². The lowest BCUT2D eigenvalue weighted by atomic mass is 10.3. The summed E-state index contributed by atoms with van der Waals surface area (Å²) < 4.78 is 35.3. The maximum Gasteiger partial charge on any atom is 0.428 e. The highest BCUT2D eigenvalue weighted by Gasteiger charge is 2.45. The molecule has 2 nitrogen and oxygen atoms in total. The van der Waals surface area contributed by atoms with Gasteiger partial charge >= 0.3 is 6.18 Å². The molecule has 0 bridgehead atoms. The van der Waals surface area contributed by atoms with Gasteiger partial charge in [-0.25, -0.2) is 0 Å². The van der Waals surface area contributed by atoms with E-state index in [1.165, 1.54) is 0 Å². The topological polar surface area (TPSA) is 21.6 Å². The molecule has 0 N–H and O–H groups in total. The second-order valence-electron chi connectivity index (χ2n) is 1.81. The molecule has 58 valence electrons. The quantitative estimate of drug-likeness (QED) is 0.609. The Bertz CT molecular complexity index is 166. The average molecular weight is 218 g/mol. The van der Waals surface area contributed by atoms with E-state index in [9.17, 15) is 13.2 Å². The summed E-state index contributed by atoms with van der Waals surface area (Å²) in [6.07, 6.45) is -6.29. The molecule has 1 aliphatic rings. The lowest BCUT2D eigenvalue weighted by molar-refractivity contribution is -0.212. The van der Waals surface area contributed by atoms with Crippen molar-refractivity contribution in [2.75, 3.05) is 0 Å². The smallest absolute Gasteiger partial charge is 0.382 e. The number of halogens is 4. The summed E-state index contributed by atoms with van der Waals surface area (Å²) in [6.45, 7) is 0. The van der Waals surface area contributed by atoms with Crippen LogP contribution in [0.15, 0.2) is 5.16 Å². The predicted molar refractivity (Wildman–Crippen MR) is 31.9 cm³/mol. The van der Waals surface area contributed by atoms with Gasteiger partial charge in [0, 0.05) is 6.42 Å². The molecule has 1 aliphatic heterocycles. The zero-order valence-corrected chi connectivity index (χ0v) is 6.24. The van der Waals surface area contributed by atoms with Crippen LogP contribution in [0.25, 0.3) is 0 Å². The van der Waals surface area contributed by atoms with Gasteiger partial charge in [0.25, 0.3) is 0 Å². The van der Waals surface area contributed by atoms with Gasteiger partial charge in [0.1, 0.15) is 4.62 Å². The first-order valence-corrected chi connectivity index (χ1v) is 3.24. The summed E-state index contributed by atoms with van der Waals surface area (Å²) in [6, 6.07) is 0. The lowest BCUT2D eigenvalue weighted by Crippen LogP contribution is -2.28. The van der Waals surface area contributed by atoms with E-state index in [0.29, 0.717) is 0 Å². The van der Waals surface area contributed by atoms with Crippen LogP contribution in [-0.2, 0) is 4.84 Å². The molecule has 0 amide bonds. The van der Waals surface area contributed by atoms with Crippen molar-refractivity contribution in [3.63, 3.8) is 0 Å². The third-order valence-corrected chi connectivity index (χ3v) is 1.47. The number of oxime groups is 1. The summed E-state index contributed by atoms with van der Waals surface area (Å²) in [5.41, 5.74) is 0. The normalized spacial score (nSPS) is 26.0. The van der Waals surface area contributed by atoms with E-state index in [4.69, 9.17) is 0 Å². The average Bonchev–Trinajstić information content (AvgIpc) is 2.11. The summed E-state index contributed by atoms with van der Waals surface area (Å²) in [4.78, 5) is 4.05. The van der Waals surface area contributed by atoms with Crippen LogP contribution in [0.2, 0.25) is 0 Å². The maximum atomic E-state index is 11.7. The van der Waals surface area contributed by atoms with Crippen molar-refractivity contribution < 1.29 is 18.0 Å². The highest BCUT2D eigenvalue weighted by molar-refractivity contribution is 9.18. The monoisotopic (exact) mass is 217 g/mol. The predicted octanol–water partition coefficient (Wildman–Crippen LogP) is 2.05. The van der Waals surface area contributed by atoms with Gasteiger partial charge < -0.3 is 4.84 Å². The lowest BCUT2D eigenvalue weighted by Gasteiger charge is -2.10. The number of alkyl halides is 3. The number of hydrogen-bond acceptors (Lipinski definition) is 2. The van der Waals surface area contributed by atoms with E-state index in [2.05, 4.69) is 25.9 Å². The van der Waals surface area contributed by atoms with E-state index in [1.807, 2.05) is 0 Å². The fourth-order valence-corrected chi connectivity index (χ4v) is 0.901. The van der Waals surface area contributed by atoms with Crippen LogP contribution < -0.4 is 0 Å². The van der Waals surface area contributed by atoms with Crippen LogP contribution in [0, 0.1) is 0 Å². The molecule has 0 spiro atoms. The summed E-state index contributed by atoms with van der Waals surface area (Å²) in [5, 5.41) is 3.10. The minimum Gasteiger partial charge on any atom is -0.382 e. The van der Waals surface area contributed by atoms with Gasteiger partial charge in [-0.15, -0.1) is 0 Å². The van der Waals surface area contributed by atoms with E-state index >= 15 is 0 Å². The van der Waals surface area contributed by atoms with Crippen LogP contribution in [0.5, 0.6) is 0 Å². The molecule has 0 saturated carbocycles. The zero-order valence-electron chi connectivity index (χ0n) is 4.65. The molecule has 1 unspecified atom stereocenters. The minimum atomic E-state index is -4.31. The molecule has 1 atom stereocenters. The number of hydrogen-bond donors (Lipinski definition) is 0. The third-order valence-electron chi connectivity index (χ3n) is 0.998. The largest absolute Gasteiger partial charge is 0.428 e. The summed E-state index contributed by atoms with van der Waals surface area (Å²) in [7, 11) is 0. The SMILES string of the molecule is FC(F)(F)C1CC(Br)=NO1. The number of nitrogens with zero attached hydrogens (tertiary/aromatic N) is 1. The highest BCUT2D eigenvalue weighted by atomic mass is 79.9. The molecular weight excluding hydrogens is 215 g/mol. The molecule has 1 heterocycles. The van der Waals surface area contributed by atoms with E-state index < -0.39 is 12.3 Å². The molecule has 0 saturated heterocycles. The molecule has 6 heteroatoms. The van der Waals surface area contributed by atoms with Gasteiger partial charge in [-0.05, 0) is 15.9 Å². The second kappa shape index (κ2) is 2.41. The molecule has 0 aliphatic carbocycles. The minimum absolute atomic E-state index is 0.204. The molecule has 0 aromatic carbocycles. The van der Waals surface area contributed by atoms with Crippen molar-refractivity contribution in [3.05, 3.63) is 0 Å². The summed E-state index contributed by atoms with van der Waals surface area (Å²) in [5.74, 6) is 0. The zero-order chi connectivity index (χ0) is 7.78. The summed E-state index contributed by atoms with van der Waals surface area (Å²) >= 11 is 2.80. The first-order chi connectivity index (χ1) is 4.50. The fraction of sp³-hybridized carbons (Fsp3) is 0.750. The Balaban J connectivity index is 2.50. The molecular formula is C4H3BrF3NO. The van der Waals surface area contributed by atoms with E-state index in [0.717, 1.165) is 0 Å². The van der Waals surface area contributed by atoms with Crippen molar-refractivity contribution in [1.82, 2.24) is 0 Å². The maximum absolute atomic E-state index is 11.7.